The van der Waals surface area contributed by atoms with E-state index in [1.807, 2.05) is 6.92 Å². The first-order chi connectivity index (χ1) is 13.6. The lowest BCUT2D eigenvalue weighted by Crippen LogP contribution is -2.21. The fraction of sp³-hybridized carbons (Fsp3) is 0.263. The molecule has 8 nitrogen and oxygen atoms in total. The number of esters is 1. The monoisotopic (exact) mass is 440 g/mol. The summed E-state index contributed by atoms with van der Waals surface area (Å²) < 4.78 is 33.1. The number of ether oxygens (including phenoxy) is 2. The second-order valence-electron chi connectivity index (χ2n) is 6.14. The fourth-order valence-electron chi connectivity index (χ4n) is 2.34. The Labute approximate surface area is 174 Å². The van der Waals surface area contributed by atoms with Crippen LogP contribution in [-0.2, 0) is 24.3 Å². The number of nitrogens with one attached hydrogen (secondary N) is 1. The Morgan fingerprint density at radius 3 is 2.62 bits per heavy atom. The van der Waals surface area contributed by atoms with Crippen molar-refractivity contribution in [2.45, 2.75) is 24.7 Å². The molecule has 0 fully saturated rings. The van der Waals surface area contributed by atoms with E-state index in [-0.39, 0.29) is 17.0 Å². The highest BCUT2D eigenvalue weighted by Gasteiger charge is 2.11. The number of aryl methyl sites for hydroxylation is 1. The highest BCUT2D eigenvalue weighted by atomic mass is 35.5. The zero-order valence-corrected chi connectivity index (χ0v) is 17.3. The molecule has 0 unspecified atom stereocenters. The molecule has 2 rings (SSSR count). The van der Waals surface area contributed by atoms with Crippen LogP contribution in [0.25, 0.3) is 0 Å². The van der Waals surface area contributed by atoms with Gasteiger partial charge in [-0.3, -0.25) is 9.59 Å². The van der Waals surface area contributed by atoms with Crippen LogP contribution >= 0.6 is 11.6 Å². The Bertz CT molecular complexity index is 994. The molecule has 0 atom stereocenters. The van der Waals surface area contributed by atoms with Crippen molar-refractivity contribution in [3.63, 3.8) is 0 Å². The van der Waals surface area contributed by atoms with E-state index in [1.54, 1.807) is 18.2 Å². The van der Waals surface area contributed by atoms with Crippen LogP contribution < -0.4 is 15.2 Å². The predicted molar refractivity (Wildman–Crippen MR) is 108 cm³/mol. The van der Waals surface area contributed by atoms with E-state index in [2.05, 4.69) is 5.32 Å². The van der Waals surface area contributed by atoms with Gasteiger partial charge in [0, 0.05) is 17.1 Å². The molecule has 0 aromatic heterocycles. The van der Waals surface area contributed by atoms with Gasteiger partial charge in [-0.15, -0.1) is 0 Å². The molecular weight excluding hydrogens is 420 g/mol. The lowest BCUT2D eigenvalue weighted by Gasteiger charge is -2.10. The van der Waals surface area contributed by atoms with E-state index < -0.39 is 28.5 Å². The standard InChI is InChI=1S/C19H21ClN2O6S/c1-13-10-14(20)7-8-17(13)27-9-3-6-19(24)28-12-18(23)22-15-4-2-5-16(11-15)29(21,25)26/h2,4-5,7-8,10-11H,3,6,9,12H2,1H3,(H,22,23)(H2,21,25,26). The van der Waals surface area contributed by atoms with E-state index in [0.29, 0.717) is 23.8 Å². The third-order valence-corrected chi connectivity index (χ3v) is 4.88. The zero-order chi connectivity index (χ0) is 21.4. The molecule has 0 aliphatic rings. The average Bonchev–Trinajstić information content (AvgIpc) is 2.64. The Kier molecular flexibility index (Phi) is 8.00. The van der Waals surface area contributed by atoms with Gasteiger partial charge in [-0.1, -0.05) is 17.7 Å². The van der Waals surface area contributed by atoms with Crippen LogP contribution in [0, 0.1) is 6.92 Å². The van der Waals surface area contributed by atoms with Gasteiger partial charge in [-0.05, 0) is 55.3 Å². The van der Waals surface area contributed by atoms with Crippen molar-refractivity contribution in [1.29, 1.82) is 0 Å². The Morgan fingerprint density at radius 1 is 1.17 bits per heavy atom. The first-order valence-corrected chi connectivity index (χ1v) is 10.5. The number of benzene rings is 2. The maximum Gasteiger partial charge on any atom is 0.306 e. The summed E-state index contributed by atoms with van der Waals surface area (Å²) in [5.41, 5.74) is 1.12. The second kappa shape index (κ2) is 10.2. The van der Waals surface area contributed by atoms with E-state index in [4.69, 9.17) is 26.2 Å². The number of anilines is 1. The number of nitrogens with two attached hydrogens (primary N) is 1. The number of primary sulfonamides is 1. The molecule has 0 bridgehead atoms. The van der Waals surface area contributed by atoms with Gasteiger partial charge in [-0.2, -0.15) is 0 Å². The van der Waals surface area contributed by atoms with Crippen LogP contribution in [-0.4, -0.2) is 33.5 Å². The van der Waals surface area contributed by atoms with Crippen molar-refractivity contribution in [1.82, 2.24) is 0 Å². The first-order valence-electron chi connectivity index (χ1n) is 8.62. The molecule has 0 spiro atoms. The van der Waals surface area contributed by atoms with Gasteiger partial charge in [-0.25, -0.2) is 13.6 Å². The number of rotatable bonds is 9. The Balaban J connectivity index is 1.70. The minimum atomic E-state index is -3.88. The summed E-state index contributed by atoms with van der Waals surface area (Å²) in [6.07, 6.45) is 0.500. The highest BCUT2D eigenvalue weighted by molar-refractivity contribution is 7.89. The summed E-state index contributed by atoms with van der Waals surface area (Å²) in [5, 5.41) is 8.10. The summed E-state index contributed by atoms with van der Waals surface area (Å²) >= 11 is 5.88. The van der Waals surface area contributed by atoms with Gasteiger partial charge >= 0.3 is 5.97 Å². The topological polar surface area (TPSA) is 125 Å². The van der Waals surface area contributed by atoms with Crippen molar-refractivity contribution >= 4 is 39.2 Å². The maximum atomic E-state index is 11.9. The van der Waals surface area contributed by atoms with Gasteiger partial charge in [0.05, 0.1) is 11.5 Å². The first kappa shape index (κ1) is 22.7. The van der Waals surface area contributed by atoms with E-state index >= 15 is 0 Å². The number of carbonyl (C=O) groups excluding carboxylic acids is 2. The van der Waals surface area contributed by atoms with Crippen LogP contribution in [0.5, 0.6) is 5.75 Å². The predicted octanol–water partition coefficient (Wildman–Crippen LogP) is 2.64. The van der Waals surface area contributed by atoms with Crippen LogP contribution in [0.3, 0.4) is 0 Å². The third-order valence-electron chi connectivity index (χ3n) is 3.73. The van der Waals surface area contributed by atoms with Crippen molar-refractivity contribution in [3.05, 3.63) is 53.1 Å². The molecule has 10 heteroatoms. The van der Waals surface area contributed by atoms with Crippen LogP contribution in [0.2, 0.25) is 5.02 Å². The molecule has 29 heavy (non-hydrogen) atoms. The van der Waals surface area contributed by atoms with Gasteiger partial charge in [0.1, 0.15) is 5.75 Å². The average molecular weight is 441 g/mol. The number of carbonyl (C=O) groups is 2. The van der Waals surface area contributed by atoms with Crippen molar-refractivity contribution in [3.8, 4) is 5.75 Å². The molecule has 0 saturated carbocycles. The quantitative estimate of drug-likeness (QED) is 0.456. The summed E-state index contributed by atoms with van der Waals surface area (Å²) in [4.78, 5) is 23.5. The van der Waals surface area contributed by atoms with E-state index in [9.17, 15) is 18.0 Å². The van der Waals surface area contributed by atoms with Gasteiger partial charge in [0.25, 0.3) is 5.91 Å². The molecule has 0 heterocycles. The molecule has 2 aromatic rings. The van der Waals surface area contributed by atoms with Crippen LogP contribution in [0.4, 0.5) is 5.69 Å². The molecule has 1 amide bonds. The number of amides is 1. The molecule has 3 N–H and O–H groups in total. The fourth-order valence-corrected chi connectivity index (χ4v) is 3.13. The maximum absolute atomic E-state index is 11.9. The highest BCUT2D eigenvalue weighted by Crippen LogP contribution is 2.22. The number of hydrogen-bond donors (Lipinski definition) is 2. The Morgan fingerprint density at radius 2 is 1.93 bits per heavy atom. The molecule has 0 aliphatic heterocycles. The van der Waals surface area contributed by atoms with Gasteiger partial charge in [0.2, 0.25) is 10.0 Å². The van der Waals surface area contributed by atoms with Crippen molar-refractivity contribution in [2.75, 3.05) is 18.5 Å². The minimum Gasteiger partial charge on any atom is -0.493 e. The zero-order valence-electron chi connectivity index (χ0n) is 15.7. The molecule has 2 aromatic carbocycles. The molecule has 0 aliphatic carbocycles. The van der Waals surface area contributed by atoms with Crippen LogP contribution in [0.15, 0.2) is 47.4 Å². The van der Waals surface area contributed by atoms with Crippen molar-refractivity contribution < 1.29 is 27.5 Å². The number of halogens is 1. The molecule has 156 valence electrons. The lowest BCUT2D eigenvalue weighted by atomic mass is 10.2. The minimum absolute atomic E-state index is 0.0841. The van der Waals surface area contributed by atoms with Gasteiger partial charge < -0.3 is 14.8 Å². The lowest BCUT2D eigenvalue weighted by molar-refractivity contribution is -0.147. The Hall–Kier alpha value is -2.62. The molecule has 0 saturated heterocycles. The largest absolute Gasteiger partial charge is 0.493 e. The molecular formula is C19H21ClN2O6S. The summed E-state index contributed by atoms with van der Waals surface area (Å²) in [5.74, 6) is -0.461. The smallest absolute Gasteiger partial charge is 0.306 e. The number of sulfonamides is 1. The summed E-state index contributed by atoms with van der Waals surface area (Å²) in [6, 6.07) is 10.7. The SMILES string of the molecule is Cc1cc(Cl)ccc1OCCCC(=O)OCC(=O)Nc1cccc(S(N)(=O)=O)c1. The van der Waals surface area contributed by atoms with Gasteiger partial charge in [0.15, 0.2) is 6.61 Å². The number of hydrogen-bond acceptors (Lipinski definition) is 6. The van der Waals surface area contributed by atoms with Crippen molar-refractivity contribution in [2.24, 2.45) is 5.14 Å². The molecule has 0 radical (unpaired) electrons. The third kappa shape index (κ3) is 7.72. The van der Waals surface area contributed by atoms with E-state index in [0.717, 1.165) is 5.56 Å². The normalized spacial score (nSPS) is 11.0. The second-order valence-corrected chi connectivity index (χ2v) is 8.14. The van der Waals surface area contributed by atoms with E-state index in [1.165, 1.54) is 24.3 Å². The summed E-state index contributed by atoms with van der Waals surface area (Å²) in [7, 11) is -3.88. The van der Waals surface area contributed by atoms with Crippen LogP contribution in [0.1, 0.15) is 18.4 Å². The summed E-state index contributed by atoms with van der Waals surface area (Å²) in [6.45, 7) is 1.69.